The summed E-state index contributed by atoms with van der Waals surface area (Å²) in [6.45, 7) is 0. The number of halogens is 3. The van der Waals surface area contributed by atoms with Crippen molar-refractivity contribution >= 4 is 11.8 Å². The lowest BCUT2D eigenvalue weighted by Crippen LogP contribution is -2.16. The maximum Gasteiger partial charge on any atom is 0.433 e. The van der Waals surface area contributed by atoms with E-state index in [1.54, 1.807) is 18.2 Å². The van der Waals surface area contributed by atoms with Crippen LogP contribution in [0.2, 0.25) is 0 Å². The Morgan fingerprint density at radius 3 is 2.26 bits per heavy atom. The highest BCUT2D eigenvalue weighted by atomic mass is 32.2. The average molecular weight is 346 g/mol. The average Bonchev–Trinajstić information content (AvgIpc) is 2.51. The first-order valence-electron chi connectivity index (χ1n) is 6.35. The second kappa shape index (κ2) is 6.95. The molecule has 0 saturated heterocycles. The van der Waals surface area contributed by atoms with E-state index in [-0.39, 0.29) is 10.9 Å². The number of hydrogen-bond acceptors (Lipinski definition) is 5. The van der Waals surface area contributed by atoms with Gasteiger partial charge in [-0.15, -0.1) is 0 Å². The van der Waals surface area contributed by atoms with Gasteiger partial charge in [-0.3, -0.25) is 4.79 Å². The third-order valence-electron chi connectivity index (χ3n) is 2.80. The van der Waals surface area contributed by atoms with Gasteiger partial charge in [0.2, 0.25) is 0 Å². The van der Waals surface area contributed by atoms with Crippen LogP contribution in [0, 0.1) is 0 Å². The van der Waals surface area contributed by atoms with Crippen molar-refractivity contribution in [2.45, 2.75) is 17.1 Å². The summed E-state index contributed by atoms with van der Waals surface area (Å²) in [5, 5.41) is -0.105. The maximum absolute atomic E-state index is 12.7. The zero-order valence-corrected chi connectivity index (χ0v) is 13.0. The number of nitrogens with one attached hydrogen (secondary N) is 1. The van der Waals surface area contributed by atoms with Crippen LogP contribution in [0.15, 0.2) is 34.2 Å². The number of hydrogen-bond donors (Lipinski definition) is 1. The molecule has 124 valence electrons. The molecule has 1 aromatic carbocycles. The molecule has 23 heavy (non-hydrogen) atoms. The number of H-pyrrole nitrogens is 1. The number of alkyl halides is 3. The Labute approximate surface area is 133 Å². The Bertz CT molecular complexity index is 725. The van der Waals surface area contributed by atoms with Crippen molar-refractivity contribution in [2.75, 3.05) is 14.2 Å². The molecule has 0 aliphatic rings. The van der Waals surface area contributed by atoms with Gasteiger partial charge in [0, 0.05) is 17.9 Å². The van der Waals surface area contributed by atoms with Crippen LogP contribution in [-0.2, 0) is 11.9 Å². The highest BCUT2D eigenvalue weighted by Crippen LogP contribution is 2.29. The molecule has 0 aliphatic heterocycles. The lowest BCUT2D eigenvalue weighted by atomic mass is 10.2. The zero-order valence-electron chi connectivity index (χ0n) is 12.2. The van der Waals surface area contributed by atoms with Gasteiger partial charge in [-0.05, 0) is 17.7 Å². The molecule has 2 aromatic rings. The van der Waals surface area contributed by atoms with Crippen LogP contribution in [0.5, 0.6) is 11.5 Å². The molecule has 0 radical (unpaired) electrons. The van der Waals surface area contributed by atoms with Crippen molar-refractivity contribution in [3.05, 3.63) is 45.9 Å². The van der Waals surface area contributed by atoms with E-state index in [1.807, 2.05) is 0 Å². The fraction of sp³-hybridized carbons (Fsp3) is 0.286. The van der Waals surface area contributed by atoms with Gasteiger partial charge in [0.1, 0.15) is 11.5 Å². The molecule has 1 aromatic heterocycles. The Balaban J connectivity index is 2.21. The molecule has 0 atom stereocenters. The molecule has 1 heterocycles. The van der Waals surface area contributed by atoms with Gasteiger partial charge in [-0.2, -0.15) is 13.2 Å². The van der Waals surface area contributed by atoms with Crippen molar-refractivity contribution < 1.29 is 22.6 Å². The molecule has 0 spiro atoms. The predicted molar refractivity (Wildman–Crippen MR) is 79.0 cm³/mol. The molecule has 2 rings (SSSR count). The topological polar surface area (TPSA) is 64.2 Å². The van der Waals surface area contributed by atoms with Crippen molar-refractivity contribution in [3.8, 4) is 11.5 Å². The second-order valence-corrected chi connectivity index (χ2v) is 5.41. The van der Waals surface area contributed by atoms with Crippen molar-refractivity contribution in [1.29, 1.82) is 0 Å². The van der Waals surface area contributed by atoms with Gasteiger partial charge in [-0.1, -0.05) is 11.8 Å². The molecule has 9 heteroatoms. The molecule has 0 bridgehead atoms. The normalized spacial score (nSPS) is 11.3. The Hall–Kier alpha value is -2.16. The number of benzene rings is 1. The number of methoxy groups -OCH3 is 2. The first-order valence-corrected chi connectivity index (χ1v) is 7.33. The van der Waals surface area contributed by atoms with Gasteiger partial charge >= 0.3 is 6.18 Å². The van der Waals surface area contributed by atoms with Gasteiger partial charge in [0.25, 0.3) is 5.56 Å². The minimum Gasteiger partial charge on any atom is -0.497 e. The van der Waals surface area contributed by atoms with Crippen molar-refractivity contribution in [1.82, 2.24) is 9.97 Å². The SMILES string of the molecule is COc1cc(CSc2nc(C(F)(F)F)cc(=O)[nH]2)cc(OC)c1. The standard InChI is InChI=1S/C14H13F3N2O3S/c1-21-9-3-8(4-10(5-9)22-2)7-23-13-18-11(14(15,16)17)6-12(20)19-13/h3-6H,7H2,1-2H3,(H,18,19,20). The summed E-state index contributed by atoms with van der Waals surface area (Å²) >= 11 is 0.979. The van der Waals surface area contributed by atoms with Crippen LogP contribution in [0.1, 0.15) is 11.3 Å². The third kappa shape index (κ3) is 4.65. The van der Waals surface area contributed by atoms with E-state index in [0.717, 1.165) is 17.3 Å². The minimum absolute atomic E-state index is 0.105. The molecule has 1 N–H and O–H groups in total. The van der Waals surface area contributed by atoms with E-state index < -0.39 is 17.4 Å². The summed E-state index contributed by atoms with van der Waals surface area (Å²) in [6.07, 6.45) is -4.66. The Kier molecular flexibility index (Phi) is 5.19. The third-order valence-corrected chi connectivity index (χ3v) is 3.74. The fourth-order valence-corrected chi connectivity index (χ4v) is 2.56. The number of aromatic nitrogens is 2. The Morgan fingerprint density at radius 1 is 1.13 bits per heavy atom. The summed E-state index contributed by atoms with van der Waals surface area (Å²) in [4.78, 5) is 17.0. The van der Waals surface area contributed by atoms with E-state index in [1.165, 1.54) is 14.2 Å². The number of nitrogens with zero attached hydrogens (tertiary/aromatic N) is 1. The van der Waals surface area contributed by atoms with Crippen molar-refractivity contribution in [3.63, 3.8) is 0 Å². The molecule has 0 aliphatic carbocycles. The molecule has 0 fully saturated rings. The summed E-state index contributed by atoms with van der Waals surface area (Å²) in [6, 6.07) is 5.56. The summed E-state index contributed by atoms with van der Waals surface area (Å²) < 4.78 is 48.2. The zero-order chi connectivity index (χ0) is 17.0. The minimum atomic E-state index is -4.66. The summed E-state index contributed by atoms with van der Waals surface area (Å²) in [5.41, 5.74) is -1.31. The first kappa shape index (κ1) is 17.2. The van der Waals surface area contributed by atoms with Crippen LogP contribution in [-0.4, -0.2) is 24.2 Å². The molecular weight excluding hydrogens is 333 g/mol. The number of thioether (sulfide) groups is 1. The van der Waals surface area contributed by atoms with E-state index in [2.05, 4.69) is 9.97 Å². The monoisotopic (exact) mass is 346 g/mol. The van der Waals surface area contributed by atoms with Crippen molar-refractivity contribution in [2.24, 2.45) is 0 Å². The highest BCUT2D eigenvalue weighted by Gasteiger charge is 2.33. The van der Waals surface area contributed by atoms with Crippen LogP contribution >= 0.6 is 11.8 Å². The lowest BCUT2D eigenvalue weighted by molar-refractivity contribution is -0.141. The van der Waals surface area contributed by atoms with Crippen LogP contribution < -0.4 is 15.0 Å². The van der Waals surface area contributed by atoms with Crippen LogP contribution in [0.3, 0.4) is 0 Å². The summed E-state index contributed by atoms with van der Waals surface area (Å²) in [5.74, 6) is 1.41. The lowest BCUT2D eigenvalue weighted by Gasteiger charge is -2.09. The van der Waals surface area contributed by atoms with E-state index in [9.17, 15) is 18.0 Å². The smallest absolute Gasteiger partial charge is 0.433 e. The molecular formula is C14H13F3N2O3S. The fourth-order valence-electron chi connectivity index (χ4n) is 1.75. The molecule has 0 amide bonds. The van der Waals surface area contributed by atoms with E-state index in [4.69, 9.17) is 9.47 Å². The quantitative estimate of drug-likeness (QED) is 0.666. The number of aromatic amines is 1. The predicted octanol–water partition coefficient (Wildman–Crippen LogP) is 3.10. The molecule has 5 nitrogen and oxygen atoms in total. The van der Waals surface area contributed by atoms with E-state index in [0.29, 0.717) is 17.6 Å². The maximum atomic E-state index is 12.7. The number of ether oxygens (including phenoxy) is 2. The van der Waals surface area contributed by atoms with Gasteiger partial charge < -0.3 is 14.5 Å². The second-order valence-electron chi connectivity index (χ2n) is 4.44. The van der Waals surface area contributed by atoms with E-state index >= 15 is 0 Å². The van der Waals surface area contributed by atoms with Crippen LogP contribution in [0.4, 0.5) is 13.2 Å². The largest absolute Gasteiger partial charge is 0.497 e. The summed E-state index contributed by atoms with van der Waals surface area (Å²) in [7, 11) is 3.00. The van der Waals surface area contributed by atoms with Gasteiger partial charge in [-0.25, -0.2) is 4.98 Å². The Morgan fingerprint density at radius 2 is 1.74 bits per heavy atom. The molecule has 0 saturated carbocycles. The highest BCUT2D eigenvalue weighted by molar-refractivity contribution is 7.98. The van der Waals surface area contributed by atoms with Gasteiger partial charge in [0.15, 0.2) is 10.9 Å². The first-order chi connectivity index (χ1) is 10.8. The van der Waals surface area contributed by atoms with Gasteiger partial charge in [0.05, 0.1) is 14.2 Å². The number of rotatable bonds is 5. The van der Waals surface area contributed by atoms with Crippen LogP contribution in [0.25, 0.3) is 0 Å². The molecule has 0 unspecified atom stereocenters.